The number of halogens is 1. The molecule has 2 atom stereocenters. The molecule has 4 nitrogen and oxygen atoms in total. The first-order chi connectivity index (χ1) is 7.75. The summed E-state index contributed by atoms with van der Waals surface area (Å²) in [6, 6.07) is 0.540. The third kappa shape index (κ3) is 4.45. The molecule has 2 aliphatic rings. The molecular weight excluding hydrogens is 240 g/mol. The molecule has 100 valence electrons. The molecule has 1 saturated carbocycles. The molecule has 0 aromatic carbocycles. The summed E-state index contributed by atoms with van der Waals surface area (Å²) in [6.45, 7) is 1.55. The first kappa shape index (κ1) is 14.7. The van der Waals surface area contributed by atoms with E-state index in [0.717, 1.165) is 51.7 Å². The number of amides is 1. The predicted octanol–water partition coefficient (Wildman–Crippen LogP) is 1.22. The summed E-state index contributed by atoms with van der Waals surface area (Å²) >= 11 is 0. The van der Waals surface area contributed by atoms with Crippen molar-refractivity contribution in [3.63, 3.8) is 0 Å². The Morgan fingerprint density at radius 1 is 1.18 bits per heavy atom. The Kier molecular flexibility index (Phi) is 6.23. The van der Waals surface area contributed by atoms with Crippen molar-refractivity contribution in [2.75, 3.05) is 13.2 Å². The smallest absolute Gasteiger partial charge is 0.223 e. The van der Waals surface area contributed by atoms with Crippen LogP contribution in [0.3, 0.4) is 0 Å². The highest BCUT2D eigenvalue weighted by atomic mass is 35.5. The zero-order valence-electron chi connectivity index (χ0n) is 10.2. The van der Waals surface area contributed by atoms with Crippen LogP contribution in [0.15, 0.2) is 0 Å². The van der Waals surface area contributed by atoms with Crippen molar-refractivity contribution in [2.45, 2.75) is 50.6 Å². The Hall–Kier alpha value is -0.320. The first-order valence-corrected chi connectivity index (χ1v) is 6.39. The molecule has 1 aliphatic carbocycles. The standard InChI is InChI=1S/C12H22N2O2.ClH/c13-10-3-1-2-9(8-10)12(15)14-11-4-6-16-7-5-11;/h9-11H,1-8,13H2,(H,14,15);1H. The number of rotatable bonds is 2. The molecule has 2 fully saturated rings. The van der Waals surface area contributed by atoms with Crippen molar-refractivity contribution in [3.05, 3.63) is 0 Å². The monoisotopic (exact) mass is 262 g/mol. The third-order valence-electron chi connectivity index (χ3n) is 3.65. The van der Waals surface area contributed by atoms with Crippen molar-refractivity contribution in [1.29, 1.82) is 0 Å². The number of hydrogen-bond acceptors (Lipinski definition) is 3. The summed E-state index contributed by atoms with van der Waals surface area (Å²) < 4.78 is 5.27. The second-order valence-electron chi connectivity index (χ2n) is 5.02. The number of ether oxygens (including phenoxy) is 1. The highest BCUT2D eigenvalue weighted by molar-refractivity contribution is 5.85. The van der Waals surface area contributed by atoms with Gasteiger partial charge in [-0.3, -0.25) is 4.79 Å². The van der Waals surface area contributed by atoms with Crippen molar-refractivity contribution < 1.29 is 9.53 Å². The molecule has 1 amide bonds. The third-order valence-corrected chi connectivity index (χ3v) is 3.65. The largest absolute Gasteiger partial charge is 0.381 e. The topological polar surface area (TPSA) is 64.4 Å². The second-order valence-corrected chi connectivity index (χ2v) is 5.02. The molecular formula is C12H23ClN2O2. The number of hydrogen-bond donors (Lipinski definition) is 2. The van der Waals surface area contributed by atoms with Crippen molar-refractivity contribution in [2.24, 2.45) is 11.7 Å². The van der Waals surface area contributed by atoms with Gasteiger partial charge in [-0.15, -0.1) is 12.4 Å². The van der Waals surface area contributed by atoms with Crippen LogP contribution in [0.5, 0.6) is 0 Å². The molecule has 1 aliphatic heterocycles. The molecule has 5 heteroatoms. The molecule has 1 saturated heterocycles. The van der Waals surface area contributed by atoms with Crippen molar-refractivity contribution in [1.82, 2.24) is 5.32 Å². The SMILES string of the molecule is Cl.NC1CCCC(C(=O)NC2CCOCC2)C1. The molecule has 0 aromatic heterocycles. The molecule has 3 N–H and O–H groups in total. The van der Waals surface area contributed by atoms with Gasteiger partial charge < -0.3 is 15.8 Å². The summed E-state index contributed by atoms with van der Waals surface area (Å²) in [5.41, 5.74) is 5.90. The highest BCUT2D eigenvalue weighted by Crippen LogP contribution is 2.23. The van der Waals surface area contributed by atoms with Crippen molar-refractivity contribution in [3.8, 4) is 0 Å². The van der Waals surface area contributed by atoms with Gasteiger partial charge >= 0.3 is 0 Å². The Morgan fingerprint density at radius 3 is 2.53 bits per heavy atom. The molecule has 2 rings (SSSR count). The van der Waals surface area contributed by atoms with Crippen molar-refractivity contribution >= 4 is 18.3 Å². The molecule has 0 radical (unpaired) electrons. The van der Waals surface area contributed by atoms with E-state index in [9.17, 15) is 4.79 Å². The van der Waals surface area contributed by atoms with Gasteiger partial charge in [0, 0.05) is 31.2 Å². The van der Waals surface area contributed by atoms with Crippen LogP contribution in [0, 0.1) is 5.92 Å². The van der Waals surface area contributed by atoms with Crippen LogP contribution in [-0.2, 0) is 9.53 Å². The average molecular weight is 263 g/mol. The summed E-state index contributed by atoms with van der Waals surface area (Å²) in [6.07, 6.45) is 5.92. The number of nitrogens with two attached hydrogens (primary N) is 1. The minimum Gasteiger partial charge on any atom is -0.381 e. The quantitative estimate of drug-likeness (QED) is 0.787. The lowest BCUT2D eigenvalue weighted by Crippen LogP contribution is -2.44. The Morgan fingerprint density at radius 2 is 1.88 bits per heavy atom. The van der Waals surface area contributed by atoms with E-state index in [1.165, 1.54) is 0 Å². The van der Waals surface area contributed by atoms with Gasteiger partial charge in [-0.05, 0) is 32.1 Å². The maximum absolute atomic E-state index is 12.0. The van der Waals surface area contributed by atoms with E-state index in [1.54, 1.807) is 0 Å². The maximum atomic E-state index is 12.0. The van der Waals surface area contributed by atoms with Gasteiger partial charge in [0.25, 0.3) is 0 Å². The lowest BCUT2D eigenvalue weighted by atomic mass is 9.85. The van der Waals surface area contributed by atoms with Crippen LogP contribution in [0.4, 0.5) is 0 Å². The minimum absolute atomic E-state index is 0. The Balaban J connectivity index is 0.00000144. The second kappa shape index (κ2) is 7.19. The van der Waals surface area contributed by atoms with Gasteiger partial charge in [0.15, 0.2) is 0 Å². The molecule has 17 heavy (non-hydrogen) atoms. The van der Waals surface area contributed by atoms with E-state index < -0.39 is 0 Å². The van der Waals surface area contributed by atoms with Crippen LogP contribution >= 0.6 is 12.4 Å². The van der Waals surface area contributed by atoms with Crippen LogP contribution in [0.1, 0.15) is 38.5 Å². The number of nitrogens with one attached hydrogen (secondary N) is 1. The van der Waals surface area contributed by atoms with Gasteiger partial charge in [-0.25, -0.2) is 0 Å². The van der Waals surface area contributed by atoms with E-state index in [0.29, 0.717) is 6.04 Å². The van der Waals surface area contributed by atoms with Gasteiger partial charge in [0.05, 0.1) is 0 Å². The van der Waals surface area contributed by atoms with Crippen LogP contribution in [-0.4, -0.2) is 31.2 Å². The lowest BCUT2D eigenvalue weighted by Gasteiger charge is -2.29. The van der Waals surface area contributed by atoms with Gasteiger partial charge in [-0.2, -0.15) is 0 Å². The van der Waals surface area contributed by atoms with Gasteiger partial charge in [0.2, 0.25) is 5.91 Å². The van der Waals surface area contributed by atoms with E-state index in [-0.39, 0.29) is 30.3 Å². The molecule has 0 bridgehead atoms. The number of carbonyl (C=O) groups is 1. The van der Waals surface area contributed by atoms with E-state index >= 15 is 0 Å². The zero-order chi connectivity index (χ0) is 11.4. The minimum atomic E-state index is 0. The van der Waals surface area contributed by atoms with E-state index in [2.05, 4.69) is 5.32 Å². The summed E-state index contributed by atoms with van der Waals surface area (Å²) in [5, 5.41) is 3.13. The highest BCUT2D eigenvalue weighted by Gasteiger charge is 2.27. The first-order valence-electron chi connectivity index (χ1n) is 6.39. The fraction of sp³-hybridized carbons (Fsp3) is 0.917. The Labute approximate surface area is 109 Å². The normalized spacial score (nSPS) is 30.4. The van der Waals surface area contributed by atoms with Crippen LogP contribution in [0.25, 0.3) is 0 Å². The predicted molar refractivity (Wildman–Crippen MR) is 69.2 cm³/mol. The molecule has 2 unspecified atom stereocenters. The summed E-state index contributed by atoms with van der Waals surface area (Å²) in [5.74, 6) is 0.355. The molecule has 0 spiro atoms. The zero-order valence-corrected chi connectivity index (χ0v) is 11.0. The van der Waals surface area contributed by atoms with Gasteiger partial charge in [0.1, 0.15) is 0 Å². The molecule has 0 aromatic rings. The fourth-order valence-electron chi connectivity index (χ4n) is 2.63. The average Bonchev–Trinajstić information content (AvgIpc) is 2.30. The van der Waals surface area contributed by atoms with Crippen LogP contribution in [0.2, 0.25) is 0 Å². The fourth-order valence-corrected chi connectivity index (χ4v) is 2.63. The molecule has 1 heterocycles. The Bertz CT molecular complexity index is 245. The maximum Gasteiger partial charge on any atom is 0.223 e. The summed E-state index contributed by atoms with van der Waals surface area (Å²) in [4.78, 5) is 12.0. The van der Waals surface area contributed by atoms with E-state index in [1.807, 2.05) is 0 Å². The van der Waals surface area contributed by atoms with E-state index in [4.69, 9.17) is 10.5 Å². The van der Waals surface area contributed by atoms with Gasteiger partial charge in [-0.1, -0.05) is 6.42 Å². The van der Waals surface area contributed by atoms with Crippen LogP contribution < -0.4 is 11.1 Å². The number of carbonyl (C=O) groups excluding carboxylic acids is 1. The summed E-state index contributed by atoms with van der Waals surface area (Å²) in [7, 11) is 0. The lowest BCUT2D eigenvalue weighted by molar-refractivity contribution is -0.127.